The third-order valence-corrected chi connectivity index (χ3v) is 4.18. The Morgan fingerprint density at radius 1 is 1.15 bits per heavy atom. The molecule has 1 aliphatic carbocycles. The number of rotatable bonds is 5. The van der Waals surface area contributed by atoms with E-state index >= 15 is 0 Å². The van der Waals surface area contributed by atoms with Gasteiger partial charge >= 0.3 is 18.2 Å². The van der Waals surface area contributed by atoms with Crippen molar-refractivity contribution in [2.24, 2.45) is 0 Å². The maximum Gasteiger partial charge on any atom is 0.422 e. The Morgan fingerprint density at radius 2 is 1.78 bits per heavy atom. The van der Waals surface area contributed by atoms with E-state index in [0.717, 1.165) is 5.56 Å². The highest BCUT2D eigenvalue weighted by atomic mass is 35.5. The van der Waals surface area contributed by atoms with Crippen molar-refractivity contribution in [1.82, 2.24) is 5.32 Å². The molecule has 0 spiro atoms. The van der Waals surface area contributed by atoms with Crippen LogP contribution in [0.3, 0.4) is 0 Å². The van der Waals surface area contributed by atoms with E-state index in [0.29, 0.717) is 30.7 Å². The van der Waals surface area contributed by atoms with Crippen LogP contribution in [0.2, 0.25) is 5.02 Å². The SMILES string of the molecule is O=C(C=Cc1ccc(Cl)cc1)OC1CCC(NC(=O)OCC(F)(F)F)CC1. The Balaban J connectivity index is 1.68. The summed E-state index contributed by atoms with van der Waals surface area (Å²) in [5.41, 5.74) is 0.807. The summed E-state index contributed by atoms with van der Waals surface area (Å²) < 4.78 is 45.4. The van der Waals surface area contributed by atoms with Gasteiger partial charge in [0, 0.05) is 17.1 Å². The maximum absolute atomic E-state index is 12.0. The van der Waals surface area contributed by atoms with E-state index in [9.17, 15) is 22.8 Å². The van der Waals surface area contributed by atoms with Gasteiger partial charge in [-0.05, 0) is 49.5 Å². The van der Waals surface area contributed by atoms with Crippen LogP contribution in [0, 0.1) is 0 Å². The van der Waals surface area contributed by atoms with Crippen LogP contribution in [0.4, 0.5) is 18.0 Å². The molecule has 9 heteroatoms. The van der Waals surface area contributed by atoms with E-state index in [2.05, 4.69) is 10.1 Å². The third-order valence-electron chi connectivity index (χ3n) is 3.93. The van der Waals surface area contributed by atoms with Crippen molar-refractivity contribution in [3.8, 4) is 0 Å². The van der Waals surface area contributed by atoms with E-state index in [1.807, 2.05) is 0 Å². The Morgan fingerprint density at radius 3 is 2.37 bits per heavy atom. The quantitative estimate of drug-likeness (QED) is 0.579. The lowest BCUT2D eigenvalue weighted by molar-refractivity contribution is -0.160. The molecule has 1 N–H and O–H groups in total. The fourth-order valence-corrected chi connectivity index (χ4v) is 2.75. The summed E-state index contributed by atoms with van der Waals surface area (Å²) in [5.74, 6) is -0.481. The fourth-order valence-electron chi connectivity index (χ4n) is 2.62. The molecule has 0 aliphatic heterocycles. The lowest BCUT2D eigenvalue weighted by Crippen LogP contribution is -2.40. The topological polar surface area (TPSA) is 64.6 Å². The summed E-state index contributed by atoms with van der Waals surface area (Å²) in [6.45, 7) is -1.62. The van der Waals surface area contributed by atoms with Crippen molar-refractivity contribution in [2.45, 2.75) is 44.0 Å². The first-order valence-electron chi connectivity index (χ1n) is 8.35. The number of halogens is 4. The van der Waals surface area contributed by atoms with Gasteiger partial charge in [-0.25, -0.2) is 9.59 Å². The average Bonchev–Trinajstić information content (AvgIpc) is 2.61. The van der Waals surface area contributed by atoms with Crippen molar-refractivity contribution in [2.75, 3.05) is 6.61 Å². The van der Waals surface area contributed by atoms with E-state index in [1.54, 1.807) is 30.3 Å². The molecule has 5 nitrogen and oxygen atoms in total. The second kappa shape index (κ2) is 9.64. The van der Waals surface area contributed by atoms with Crippen LogP contribution in [-0.2, 0) is 14.3 Å². The van der Waals surface area contributed by atoms with Crippen LogP contribution in [-0.4, -0.2) is 37.0 Å². The van der Waals surface area contributed by atoms with Gasteiger partial charge in [-0.2, -0.15) is 13.2 Å². The minimum absolute atomic E-state index is 0.295. The number of benzene rings is 1. The standard InChI is InChI=1S/C18H19ClF3NO4/c19-13-4-1-12(2-5-13)3-10-16(24)27-15-8-6-14(7-9-15)23-17(25)26-11-18(20,21)22/h1-5,10,14-15H,6-9,11H2,(H,23,25). The lowest BCUT2D eigenvalue weighted by Gasteiger charge is -2.28. The Bertz CT molecular complexity index is 668. The lowest BCUT2D eigenvalue weighted by atomic mass is 9.93. The van der Waals surface area contributed by atoms with Gasteiger partial charge in [-0.1, -0.05) is 23.7 Å². The second-order valence-electron chi connectivity index (χ2n) is 6.13. The maximum atomic E-state index is 12.0. The van der Waals surface area contributed by atoms with E-state index < -0.39 is 24.8 Å². The number of amides is 1. The molecular formula is C18H19ClF3NO4. The van der Waals surface area contributed by atoms with Crippen LogP contribution < -0.4 is 5.32 Å². The number of nitrogens with one attached hydrogen (secondary N) is 1. The molecule has 0 radical (unpaired) electrons. The van der Waals surface area contributed by atoms with E-state index in [-0.39, 0.29) is 12.1 Å². The van der Waals surface area contributed by atoms with Gasteiger partial charge in [-0.15, -0.1) is 0 Å². The van der Waals surface area contributed by atoms with Crippen molar-refractivity contribution in [1.29, 1.82) is 0 Å². The average molecular weight is 406 g/mol. The number of alkyl halides is 3. The first-order chi connectivity index (χ1) is 12.7. The molecule has 1 aromatic carbocycles. The summed E-state index contributed by atoms with van der Waals surface area (Å²) in [5, 5.41) is 2.99. The van der Waals surface area contributed by atoms with Crippen molar-refractivity contribution >= 4 is 29.7 Å². The molecule has 27 heavy (non-hydrogen) atoms. The molecule has 1 saturated carbocycles. The van der Waals surface area contributed by atoms with Crippen LogP contribution in [0.5, 0.6) is 0 Å². The molecule has 2 rings (SSSR count). The zero-order valence-corrected chi connectivity index (χ0v) is 15.1. The molecule has 1 aromatic rings. The molecule has 0 aromatic heterocycles. The largest absolute Gasteiger partial charge is 0.459 e. The van der Waals surface area contributed by atoms with Gasteiger partial charge in [0.15, 0.2) is 6.61 Å². The van der Waals surface area contributed by atoms with Crippen molar-refractivity contribution in [3.05, 3.63) is 40.9 Å². The Labute approximate surface area is 159 Å². The molecule has 1 amide bonds. The normalized spacial score (nSPS) is 20.3. The minimum Gasteiger partial charge on any atom is -0.459 e. The predicted octanol–water partition coefficient (Wildman–Crippen LogP) is 4.50. The summed E-state index contributed by atoms with van der Waals surface area (Å²) in [4.78, 5) is 23.2. The first-order valence-corrected chi connectivity index (χ1v) is 8.73. The minimum atomic E-state index is -4.55. The number of carbonyl (C=O) groups excluding carboxylic acids is 2. The molecule has 0 saturated heterocycles. The summed E-state index contributed by atoms with van der Waals surface area (Å²) >= 11 is 5.78. The summed E-state index contributed by atoms with van der Waals surface area (Å²) in [6.07, 6.45) is -1.03. The molecule has 0 heterocycles. The molecule has 0 bridgehead atoms. The van der Waals surface area contributed by atoms with Crippen LogP contribution in [0.15, 0.2) is 30.3 Å². The molecule has 1 aliphatic rings. The van der Waals surface area contributed by atoms with Gasteiger partial charge < -0.3 is 14.8 Å². The van der Waals surface area contributed by atoms with Crippen LogP contribution in [0.25, 0.3) is 6.08 Å². The molecular weight excluding hydrogens is 387 g/mol. The van der Waals surface area contributed by atoms with Gasteiger partial charge in [0.25, 0.3) is 0 Å². The van der Waals surface area contributed by atoms with Crippen LogP contribution >= 0.6 is 11.6 Å². The highest BCUT2D eigenvalue weighted by molar-refractivity contribution is 6.30. The number of esters is 1. The van der Waals surface area contributed by atoms with E-state index in [1.165, 1.54) is 6.08 Å². The zero-order valence-electron chi connectivity index (χ0n) is 14.3. The highest BCUT2D eigenvalue weighted by Crippen LogP contribution is 2.22. The monoisotopic (exact) mass is 405 g/mol. The smallest absolute Gasteiger partial charge is 0.422 e. The number of carbonyl (C=O) groups is 2. The molecule has 0 atom stereocenters. The number of ether oxygens (including phenoxy) is 2. The zero-order chi connectivity index (χ0) is 19.9. The van der Waals surface area contributed by atoms with Crippen molar-refractivity contribution in [3.63, 3.8) is 0 Å². The van der Waals surface area contributed by atoms with Gasteiger partial charge in [-0.3, -0.25) is 0 Å². The highest BCUT2D eigenvalue weighted by Gasteiger charge is 2.30. The molecule has 1 fully saturated rings. The second-order valence-corrected chi connectivity index (χ2v) is 6.57. The van der Waals surface area contributed by atoms with Gasteiger partial charge in [0.05, 0.1) is 0 Å². The van der Waals surface area contributed by atoms with E-state index in [4.69, 9.17) is 16.3 Å². The number of alkyl carbamates (subject to hydrolysis) is 1. The van der Waals surface area contributed by atoms with Crippen LogP contribution in [0.1, 0.15) is 31.2 Å². The predicted molar refractivity (Wildman–Crippen MR) is 93.2 cm³/mol. The van der Waals surface area contributed by atoms with Gasteiger partial charge in [0.1, 0.15) is 6.10 Å². The Kier molecular flexibility index (Phi) is 7.53. The number of hydrogen-bond donors (Lipinski definition) is 1. The molecule has 0 unspecified atom stereocenters. The van der Waals surface area contributed by atoms with Gasteiger partial charge in [0.2, 0.25) is 0 Å². The summed E-state index contributed by atoms with van der Waals surface area (Å²) in [7, 11) is 0. The molecule has 148 valence electrons. The first kappa shape index (κ1) is 21.1. The fraction of sp³-hybridized carbons (Fsp3) is 0.444. The summed E-state index contributed by atoms with van der Waals surface area (Å²) in [6, 6.07) is 6.65. The Hall–Kier alpha value is -2.22. The van der Waals surface area contributed by atoms with Crippen molar-refractivity contribution < 1.29 is 32.2 Å². The number of hydrogen-bond acceptors (Lipinski definition) is 4. The third kappa shape index (κ3) is 8.34.